The minimum atomic E-state index is 0.455. The SMILES string of the molecule is Clc1ccc(-c2csc3nc(Nc4ncnc5nc[nH]c45)nn23)cc1. The highest BCUT2D eigenvalue weighted by molar-refractivity contribution is 7.15. The third-order valence-corrected chi connectivity index (χ3v) is 4.74. The van der Waals surface area contributed by atoms with Crippen LogP contribution in [0.2, 0.25) is 5.02 Å². The molecular formula is C15H9ClN8S. The second-order valence-electron chi connectivity index (χ2n) is 5.21. The molecule has 2 N–H and O–H groups in total. The molecule has 0 bridgehead atoms. The molecule has 4 aromatic heterocycles. The van der Waals surface area contributed by atoms with Crippen molar-refractivity contribution in [1.82, 2.24) is 34.5 Å². The third kappa shape index (κ3) is 2.41. The van der Waals surface area contributed by atoms with Crippen LogP contribution in [-0.2, 0) is 0 Å². The van der Waals surface area contributed by atoms with E-state index in [2.05, 4.69) is 35.3 Å². The first-order valence-electron chi connectivity index (χ1n) is 7.29. The number of anilines is 2. The van der Waals surface area contributed by atoms with Gasteiger partial charge in [-0.2, -0.15) is 4.98 Å². The van der Waals surface area contributed by atoms with E-state index in [0.717, 1.165) is 16.2 Å². The van der Waals surface area contributed by atoms with Crippen LogP contribution in [0.4, 0.5) is 11.8 Å². The predicted octanol–water partition coefficient (Wildman–Crippen LogP) is 3.52. The lowest BCUT2D eigenvalue weighted by molar-refractivity contribution is 0.987. The monoisotopic (exact) mass is 368 g/mol. The summed E-state index contributed by atoms with van der Waals surface area (Å²) in [6.07, 6.45) is 3.02. The maximum absolute atomic E-state index is 5.96. The number of benzene rings is 1. The van der Waals surface area contributed by atoms with Crippen LogP contribution in [0, 0.1) is 0 Å². The Morgan fingerprint density at radius 2 is 2.00 bits per heavy atom. The van der Waals surface area contributed by atoms with E-state index in [9.17, 15) is 0 Å². The van der Waals surface area contributed by atoms with Gasteiger partial charge in [-0.25, -0.2) is 19.5 Å². The highest BCUT2D eigenvalue weighted by Gasteiger charge is 2.13. The van der Waals surface area contributed by atoms with E-state index in [0.29, 0.717) is 28.0 Å². The number of aromatic amines is 1. The summed E-state index contributed by atoms with van der Waals surface area (Å²) in [4.78, 5) is 20.7. The van der Waals surface area contributed by atoms with Gasteiger partial charge in [0.2, 0.25) is 10.9 Å². The second-order valence-corrected chi connectivity index (χ2v) is 6.48. The Bertz CT molecular complexity index is 1190. The van der Waals surface area contributed by atoms with Crippen molar-refractivity contribution in [3.05, 3.63) is 47.3 Å². The summed E-state index contributed by atoms with van der Waals surface area (Å²) in [6.45, 7) is 0. The third-order valence-electron chi connectivity index (χ3n) is 3.67. The molecule has 0 amide bonds. The zero-order valence-corrected chi connectivity index (χ0v) is 14.1. The van der Waals surface area contributed by atoms with E-state index >= 15 is 0 Å². The fraction of sp³-hybridized carbons (Fsp3) is 0. The van der Waals surface area contributed by atoms with Crippen LogP contribution >= 0.6 is 22.9 Å². The lowest BCUT2D eigenvalue weighted by atomic mass is 10.2. The molecule has 0 atom stereocenters. The molecule has 0 radical (unpaired) electrons. The van der Waals surface area contributed by atoms with Crippen LogP contribution in [0.25, 0.3) is 27.4 Å². The van der Waals surface area contributed by atoms with Crippen LogP contribution < -0.4 is 5.32 Å². The Morgan fingerprint density at radius 3 is 2.88 bits per heavy atom. The Hall–Kier alpha value is -3.04. The minimum absolute atomic E-state index is 0.455. The van der Waals surface area contributed by atoms with Crippen LogP contribution in [-0.4, -0.2) is 34.5 Å². The summed E-state index contributed by atoms with van der Waals surface area (Å²) in [5.74, 6) is 1.03. The van der Waals surface area contributed by atoms with Crippen molar-refractivity contribution in [1.29, 1.82) is 0 Å². The van der Waals surface area contributed by atoms with Crippen molar-refractivity contribution >= 4 is 50.8 Å². The Kier molecular flexibility index (Phi) is 3.15. The first-order valence-corrected chi connectivity index (χ1v) is 8.55. The molecule has 0 saturated carbocycles. The van der Waals surface area contributed by atoms with Gasteiger partial charge in [0.05, 0.1) is 12.0 Å². The van der Waals surface area contributed by atoms with E-state index in [-0.39, 0.29) is 0 Å². The lowest BCUT2D eigenvalue weighted by Gasteiger charge is -2.01. The van der Waals surface area contributed by atoms with Crippen LogP contribution in [0.15, 0.2) is 42.3 Å². The molecular weight excluding hydrogens is 360 g/mol. The van der Waals surface area contributed by atoms with Gasteiger partial charge in [-0.05, 0) is 12.1 Å². The van der Waals surface area contributed by atoms with Gasteiger partial charge in [0.15, 0.2) is 11.5 Å². The highest BCUT2D eigenvalue weighted by Crippen LogP contribution is 2.27. The van der Waals surface area contributed by atoms with E-state index in [1.54, 1.807) is 10.8 Å². The Labute approximate surface area is 149 Å². The maximum Gasteiger partial charge on any atom is 0.249 e. The van der Waals surface area contributed by atoms with Crippen LogP contribution in [0.1, 0.15) is 0 Å². The number of rotatable bonds is 3. The number of nitrogens with zero attached hydrogens (tertiary/aromatic N) is 6. The van der Waals surface area contributed by atoms with E-state index < -0.39 is 0 Å². The first kappa shape index (κ1) is 14.3. The van der Waals surface area contributed by atoms with Crippen molar-refractivity contribution in [3.8, 4) is 11.3 Å². The van der Waals surface area contributed by atoms with Gasteiger partial charge in [0.1, 0.15) is 11.8 Å². The van der Waals surface area contributed by atoms with Gasteiger partial charge in [0, 0.05) is 16.0 Å². The topological polar surface area (TPSA) is 96.7 Å². The van der Waals surface area contributed by atoms with Gasteiger partial charge < -0.3 is 10.3 Å². The number of H-pyrrole nitrogens is 1. The van der Waals surface area contributed by atoms with Crippen molar-refractivity contribution in [2.75, 3.05) is 5.32 Å². The van der Waals surface area contributed by atoms with Crippen molar-refractivity contribution in [2.24, 2.45) is 0 Å². The summed E-state index contributed by atoms with van der Waals surface area (Å²) in [6, 6.07) is 7.62. The average Bonchev–Trinajstić information content (AvgIpc) is 3.31. The van der Waals surface area contributed by atoms with Crippen molar-refractivity contribution in [3.63, 3.8) is 0 Å². The zero-order valence-electron chi connectivity index (χ0n) is 12.5. The van der Waals surface area contributed by atoms with E-state index in [1.165, 1.54) is 17.7 Å². The molecule has 5 rings (SSSR count). The molecule has 10 heteroatoms. The smallest absolute Gasteiger partial charge is 0.249 e. The van der Waals surface area contributed by atoms with Crippen molar-refractivity contribution in [2.45, 2.75) is 0 Å². The Morgan fingerprint density at radius 1 is 1.12 bits per heavy atom. The number of thiazole rings is 1. The molecule has 0 spiro atoms. The second kappa shape index (κ2) is 5.50. The number of aromatic nitrogens is 7. The molecule has 4 heterocycles. The normalized spacial score (nSPS) is 11.4. The molecule has 0 saturated heterocycles. The number of fused-ring (bicyclic) bond motifs is 2. The fourth-order valence-corrected chi connectivity index (χ4v) is 3.48. The molecule has 0 fully saturated rings. The lowest BCUT2D eigenvalue weighted by Crippen LogP contribution is -1.98. The molecule has 0 aliphatic rings. The largest absolute Gasteiger partial charge is 0.340 e. The molecule has 5 aromatic rings. The van der Waals surface area contributed by atoms with Gasteiger partial charge in [-0.1, -0.05) is 23.7 Å². The number of hydrogen-bond acceptors (Lipinski definition) is 7. The fourth-order valence-electron chi connectivity index (χ4n) is 2.52. The van der Waals surface area contributed by atoms with Crippen molar-refractivity contribution < 1.29 is 0 Å². The van der Waals surface area contributed by atoms with Gasteiger partial charge in [0.25, 0.3) is 0 Å². The van der Waals surface area contributed by atoms with Crippen LogP contribution in [0.3, 0.4) is 0 Å². The quantitative estimate of drug-likeness (QED) is 0.505. The number of nitrogens with one attached hydrogen (secondary N) is 2. The summed E-state index contributed by atoms with van der Waals surface area (Å²) in [5.41, 5.74) is 3.26. The highest BCUT2D eigenvalue weighted by atomic mass is 35.5. The standard InChI is InChI=1S/C15H9ClN8S/c16-9-3-1-8(2-4-9)10-5-25-15-22-14(23-24(10)15)21-13-11-12(18-6-17-11)19-7-20-13/h1-7H,(H2,17,18,19,20,21,23). The van der Waals surface area contributed by atoms with Gasteiger partial charge in [-0.15, -0.1) is 16.4 Å². The molecule has 1 aromatic carbocycles. The molecule has 25 heavy (non-hydrogen) atoms. The first-order chi connectivity index (χ1) is 12.3. The van der Waals surface area contributed by atoms with E-state index in [1.807, 2.05) is 29.6 Å². The number of imidazole rings is 1. The molecule has 0 aliphatic heterocycles. The summed E-state index contributed by atoms with van der Waals surface area (Å²) in [7, 11) is 0. The molecule has 0 aliphatic carbocycles. The number of halogens is 1. The predicted molar refractivity (Wildman–Crippen MR) is 96.3 cm³/mol. The van der Waals surface area contributed by atoms with Gasteiger partial charge in [-0.3, -0.25) is 0 Å². The Balaban J connectivity index is 1.55. The summed E-state index contributed by atoms with van der Waals surface area (Å²) in [5, 5.41) is 10.4. The van der Waals surface area contributed by atoms with Crippen LogP contribution in [0.5, 0.6) is 0 Å². The zero-order chi connectivity index (χ0) is 16.8. The van der Waals surface area contributed by atoms with Gasteiger partial charge >= 0.3 is 0 Å². The summed E-state index contributed by atoms with van der Waals surface area (Å²) >= 11 is 7.47. The minimum Gasteiger partial charge on any atom is -0.340 e. The van der Waals surface area contributed by atoms with E-state index in [4.69, 9.17) is 11.6 Å². The number of hydrogen-bond donors (Lipinski definition) is 2. The molecule has 8 nitrogen and oxygen atoms in total. The molecule has 0 unspecified atom stereocenters. The maximum atomic E-state index is 5.96. The summed E-state index contributed by atoms with van der Waals surface area (Å²) < 4.78 is 1.79. The molecule has 122 valence electrons. The average molecular weight is 369 g/mol.